The Morgan fingerprint density at radius 2 is 1.97 bits per heavy atom. The first-order valence-corrected chi connectivity index (χ1v) is 9.97. The minimum Gasteiger partial charge on any atom is -0.493 e. The normalized spacial score (nSPS) is 15.1. The number of rotatable bonds is 7. The molecule has 156 valence electrons. The molecule has 0 bridgehead atoms. The van der Waals surface area contributed by atoms with Crippen LogP contribution in [0.1, 0.15) is 36.4 Å². The number of nitrogens with zero attached hydrogens (tertiary/aromatic N) is 3. The Bertz CT molecular complexity index is 1140. The topological polar surface area (TPSA) is 95.3 Å². The fraction of sp³-hybridized carbons (Fsp3) is 0.364. The molecule has 0 radical (unpaired) electrons. The van der Waals surface area contributed by atoms with Crippen LogP contribution in [0.3, 0.4) is 0 Å². The second-order valence-electron chi connectivity index (χ2n) is 7.30. The molecular weight excluding hydrogens is 384 g/mol. The van der Waals surface area contributed by atoms with Crippen LogP contribution in [-0.4, -0.2) is 35.1 Å². The van der Waals surface area contributed by atoms with Gasteiger partial charge in [-0.25, -0.2) is 4.68 Å². The molecule has 1 unspecified atom stereocenters. The number of carbonyl (C=O) groups is 1. The van der Waals surface area contributed by atoms with Crippen molar-refractivity contribution in [2.24, 2.45) is 0 Å². The van der Waals surface area contributed by atoms with Crippen LogP contribution >= 0.6 is 0 Å². The molecule has 1 aliphatic rings. The highest BCUT2D eigenvalue weighted by Crippen LogP contribution is 2.39. The van der Waals surface area contributed by atoms with E-state index in [2.05, 4.69) is 15.6 Å². The lowest BCUT2D eigenvalue weighted by Crippen LogP contribution is -2.28. The summed E-state index contributed by atoms with van der Waals surface area (Å²) in [5.41, 5.74) is 2.61. The lowest BCUT2D eigenvalue weighted by atomic mass is 10.1. The van der Waals surface area contributed by atoms with Crippen LogP contribution in [0, 0.1) is 0 Å². The zero-order valence-corrected chi connectivity index (χ0v) is 17.1. The monoisotopic (exact) mass is 408 g/mol. The van der Waals surface area contributed by atoms with Gasteiger partial charge in [-0.15, -0.1) is 5.10 Å². The third-order valence-electron chi connectivity index (χ3n) is 5.46. The number of hydrogen-bond acceptors (Lipinski definition) is 6. The molecule has 0 fully saturated rings. The molecule has 1 heterocycles. The van der Waals surface area contributed by atoms with E-state index in [1.54, 1.807) is 32.4 Å². The van der Waals surface area contributed by atoms with Crippen LogP contribution in [0.2, 0.25) is 0 Å². The molecular formula is C22H24N4O4. The number of amides is 1. The van der Waals surface area contributed by atoms with E-state index in [-0.39, 0.29) is 17.5 Å². The fourth-order valence-corrected chi connectivity index (χ4v) is 3.91. The Labute approximate surface area is 173 Å². The van der Waals surface area contributed by atoms with E-state index in [0.717, 1.165) is 24.0 Å². The van der Waals surface area contributed by atoms with Crippen molar-refractivity contribution in [2.75, 3.05) is 14.2 Å². The SMILES string of the molecule is COc1cc2c(cc1OC)C(NC(=O)CCCn1nnc3ccccc3c1=O)CC2. The quantitative estimate of drug-likeness (QED) is 0.645. The van der Waals surface area contributed by atoms with Gasteiger partial charge in [-0.05, 0) is 54.7 Å². The van der Waals surface area contributed by atoms with Crippen molar-refractivity contribution in [3.63, 3.8) is 0 Å². The summed E-state index contributed by atoms with van der Waals surface area (Å²) in [6.45, 7) is 0.344. The molecule has 2 aromatic carbocycles. The second kappa shape index (κ2) is 8.52. The molecule has 0 saturated carbocycles. The molecule has 1 atom stereocenters. The van der Waals surface area contributed by atoms with Crippen LogP contribution < -0.4 is 20.3 Å². The summed E-state index contributed by atoms with van der Waals surface area (Å²) >= 11 is 0. The van der Waals surface area contributed by atoms with Gasteiger partial charge < -0.3 is 14.8 Å². The summed E-state index contributed by atoms with van der Waals surface area (Å²) in [5.74, 6) is 1.31. The van der Waals surface area contributed by atoms with Gasteiger partial charge in [0.05, 0.1) is 25.6 Å². The van der Waals surface area contributed by atoms with Crippen molar-refractivity contribution in [2.45, 2.75) is 38.3 Å². The predicted octanol–water partition coefficient (Wildman–Crippen LogP) is 2.39. The lowest BCUT2D eigenvalue weighted by Gasteiger charge is -2.16. The van der Waals surface area contributed by atoms with Crippen molar-refractivity contribution >= 4 is 16.8 Å². The minimum absolute atomic E-state index is 0.0458. The van der Waals surface area contributed by atoms with Gasteiger partial charge in [0.2, 0.25) is 5.91 Å². The summed E-state index contributed by atoms with van der Waals surface area (Å²) in [5, 5.41) is 11.7. The molecule has 30 heavy (non-hydrogen) atoms. The highest BCUT2D eigenvalue weighted by molar-refractivity contribution is 5.77. The fourth-order valence-electron chi connectivity index (χ4n) is 3.91. The molecule has 3 aromatic rings. The van der Waals surface area contributed by atoms with Crippen molar-refractivity contribution in [1.82, 2.24) is 20.3 Å². The van der Waals surface area contributed by atoms with Crippen molar-refractivity contribution in [3.8, 4) is 11.5 Å². The maximum atomic E-state index is 12.5. The van der Waals surface area contributed by atoms with Gasteiger partial charge in [0.25, 0.3) is 5.56 Å². The van der Waals surface area contributed by atoms with Gasteiger partial charge in [-0.1, -0.05) is 17.3 Å². The van der Waals surface area contributed by atoms with Gasteiger partial charge in [-0.2, -0.15) is 0 Å². The van der Waals surface area contributed by atoms with E-state index in [1.165, 1.54) is 4.68 Å². The first-order chi connectivity index (χ1) is 14.6. The lowest BCUT2D eigenvalue weighted by molar-refractivity contribution is -0.122. The summed E-state index contributed by atoms with van der Waals surface area (Å²) in [7, 11) is 3.22. The summed E-state index contributed by atoms with van der Waals surface area (Å²) < 4.78 is 12.1. The van der Waals surface area contributed by atoms with Crippen molar-refractivity contribution in [1.29, 1.82) is 0 Å². The molecule has 8 heteroatoms. The van der Waals surface area contributed by atoms with Gasteiger partial charge in [0, 0.05) is 13.0 Å². The predicted molar refractivity (Wildman–Crippen MR) is 112 cm³/mol. The number of aryl methyl sites for hydroxylation is 2. The van der Waals surface area contributed by atoms with Gasteiger partial charge in [-0.3, -0.25) is 9.59 Å². The summed E-state index contributed by atoms with van der Waals surface area (Å²) in [6, 6.07) is 11.0. The zero-order chi connectivity index (χ0) is 21.1. The van der Waals surface area contributed by atoms with Crippen molar-refractivity contribution in [3.05, 3.63) is 57.9 Å². The van der Waals surface area contributed by atoms with Crippen LogP contribution in [0.5, 0.6) is 11.5 Å². The van der Waals surface area contributed by atoms with Gasteiger partial charge >= 0.3 is 0 Å². The number of ether oxygens (including phenoxy) is 2. The molecule has 8 nitrogen and oxygen atoms in total. The van der Waals surface area contributed by atoms with Crippen LogP contribution in [-0.2, 0) is 17.8 Å². The number of aromatic nitrogens is 3. The van der Waals surface area contributed by atoms with E-state index >= 15 is 0 Å². The Hall–Kier alpha value is -3.42. The Morgan fingerprint density at radius 1 is 1.20 bits per heavy atom. The largest absolute Gasteiger partial charge is 0.493 e. The standard InChI is InChI=1S/C22H24N4O4/c1-29-19-12-14-9-10-17(16(14)13-20(19)30-2)23-21(27)8-5-11-26-22(28)15-6-3-4-7-18(15)24-25-26/h3-4,6-7,12-13,17H,5,8-11H2,1-2H3,(H,23,27). The van der Waals surface area contributed by atoms with Crippen LogP contribution in [0.4, 0.5) is 0 Å². The van der Waals surface area contributed by atoms with E-state index in [0.29, 0.717) is 41.8 Å². The Kier molecular flexibility index (Phi) is 5.65. The number of nitrogens with one attached hydrogen (secondary N) is 1. The first kappa shape index (κ1) is 19.9. The third-order valence-corrected chi connectivity index (χ3v) is 5.46. The van der Waals surface area contributed by atoms with Crippen LogP contribution in [0.15, 0.2) is 41.2 Å². The smallest absolute Gasteiger partial charge is 0.277 e. The maximum Gasteiger partial charge on any atom is 0.277 e. The highest BCUT2D eigenvalue weighted by Gasteiger charge is 2.26. The number of carbonyl (C=O) groups excluding carboxylic acids is 1. The Morgan fingerprint density at radius 3 is 2.77 bits per heavy atom. The van der Waals surface area contributed by atoms with E-state index in [1.807, 2.05) is 18.2 Å². The van der Waals surface area contributed by atoms with E-state index in [4.69, 9.17) is 9.47 Å². The molecule has 1 aliphatic carbocycles. The van der Waals surface area contributed by atoms with Gasteiger partial charge in [0.15, 0.2) is 11.5 Å². The minimum atomic E-state index is -0.188. The average molecular weight is 408 g/mol. The average Bonchev–Trinajstić information content (AvgIpc) is 3.15. The Balaban J connectivity index is 1.37. The summed E-state index contributed by atoms with van der Waals surface area (Å²) in [4.78, 5) is 25.0. The highest BCUT2D eigenvalue weighted by atomic mass is 16.5. The zero-order valence-electron chi connectivity index (χ0n) is 17.1. The maximum absolute atomic E-state index is 12.5. The summed E-state index contributed by atoms with van der Waals surface area (Å²) in [6.07, 6.45) is 2.53. The van der Waals surface area contributed by atoms with Gasteiger partial charge in [0.1, 0.15) is 5.52 Å². The number of hydrogen-bond donors (Lipinski definition) is 1. The number of benzene rings is 2. The second-order valence-corrected chi connectivity index (χ2v) is 7.30. The molecule has 1 amide bonds. The third kappa shape index (κ3) is 3.85. The van der Waals surface area contributed by atoms with Crippen LogP contribution in [0.25, 0.3) is 10.9 Å². The molecule has 1 N–H and O–H groups in total. The molecule has 0 saturated heterocycles. The van der Waals surface area contributed by atoms with E-state index in [9.17, 15) is 9.59 Å². The van der Waals surface area contributed by atoms with E-state index < -0.39 is 0 Å². The number of fused-ring (bicyclic) bond motifs is 2. The molecule has 1 aromatic heterocycles. The molecule has 0 aliphatic heterocycles. The molecule has 4 rings (SSSR count). The number of methoxy groups -OCH3 is 2. The molecule has 0 spiro atoms. The van der Waals surface area contributed by atoms with Crippen molar-refractivity contribution < 1.29 is 14.3 Å². The first-order valence-electron chi connectivity index (χ1n) is 9.97.